The molecule has 0 saturated carbocycles. The minimum absolute atomic E-state index is 0.197. The summed E-state index contributed by atoms with van der Waals surface area (Å²) in [5, 5.41) is 2.47. The maximum atomic E-state index is 13.2. The molecule has 1 aliphatic heterocycles. The van der Waals surface area contributed by atoms with E-state index in [0.29, 0.717) is 6.54 Å². The Bertz CT molecular complexity index is 810. The van der Waals surface area contributed by atoms with Crippen LogP contribution in [0.3, 0.4) is 0 Å². The van der Waals surface area contributed by atoms with Gasteiger partial charge < -0.3 is 5.32 Å². The van der Waals surface area contributed by atoms with Crippen molar-refractivity contribution in [3.8, 4) is 0 Å². The minimum atomic E-state index is -4.51. The second kappa shape index (κ2) is 9.41. The zero-order valence-corrected chi connectivity index (χ0v) is 16.5. The van der Waals surface area contributed by atoms with Crippen LogP contribution in [0.5, 0.6) is 0 Å². The van der Waals surface area contributed by atoms with E-state index >= 15 is 0 Å². The molecule has 2 aromatic rings. The predicted molar refractivity (Wildman–Crippen MR) is 107 cm³/mol. The Hall–Kier alpha value is -2.38. The summed E-state index contributed by atoms with van der Waals surface area (Å²) in [4.78, 5) is 17.0. The Morgan fingerprint density at radius 3 is 2.41 bits per heavy atom. The maximum absolute atomic E-state index is 13.2. The summed E-state index contributed by atoms with van der Waals surface area (Å²) in [6, 6.07) is 14.8. The number of carbonyl (C=O) groups is 1. The lowest BCUT2D eigenvalue weighted by Crippen LogP contribution is -2.44. The molecular weight excluding hydrogens is 379 g/mol. The number of hydrogen-bond acceptors (Lipinski definition) is 3. The average molecular weight is 405 g/mol. The smallest absolute Gasteiger partial charge is 0.324 e. The SMILES string of the molecule is CC(C(=O)Nc1ccccc1C(F)(F)F)N1CCCN(Cc2ccccc2)CC1. The molecule has 1 aliphatic rings. The molecular formula is C22H26F3N3O. The number of carbonyl (C=O) groups excluding carboxylic acids is 1. The molecule has 1 amide bonds. The Kier molecular flexibility index (Phi) is 6.92. The zero-order valence-electron chi connectivity index (χ0n) is 16.5. The van der Waals surface area contributed by atoms with E-state index in [2.05, 4.69) is 22.3 Å². The molecule has 29 heavy (non-hydrogen) atoms. The highest BCUT2D eigenvalue weighted by atomic mass is 19.4. The highest BCUT2D eigenvalue weighted by Gasteiger charge is 2.34. The van der Waals surface area contributed by atoms with Crippen molar-refractivity contribution in [1.29, 1.82) is 0 Å². The highest BCUT2D eigenvalue weighted by Crippen LogP contribution is 2.34. The fourth-order valence-corrected chi connectivity index (χ4v) is 3.62. The van der Waals surface area contributed by atoms with Gasteiger partial charge in [-0.3, -0.25) is 14.6 Å². The molecule has 1 atom stereocenters. The van der Waals surface area contributed by atoms with E-state index in [1.165, 1.54) is 23.8 Å². The van der Waals surface area contributed by atoms with Crippen LogP contribution in [0, 0.1) is 0 Å². The van der Waals surface area contributed by atoms with E-state index in [4.69, 9.17) is 0 Å². The largest absolute Gasteiger partial charge is 0.418 e. The molecule has 1 unspecified atom stereocenters. The Labute approximate surface area is 169 Å². The first-order chi connectivity index (χ1) is 13.8. The van der Waals surface area contributed by atoms with E-state index in [1.54, 1.807) is 6.92 Å². The molecule has 156 valence electrons. The van der Waals surface area contributed by atoms with E-state index in [-0.39, 0.29) is 5.69 Å². The van der Waals surface area contributed by atoms with Gasteiger partial charge in [0.2, 0.25) is 5.91 Å². The van der Waals surface area contributed by atoms with Gasteiger partial charge in [-0.05, 0) is 37.6 Å². The lowest BCUT2D eigenvalue weighted by atomic mass is 10.1. The molecule has 1 heterocycles. The van der Waals surface area contributed by atoms with Crippen molar-refractivity contribution in [3.05, 3.63) is 65.7 Å². The van der Waals surface area contributed by atoms with E-state index < -0.39 is 23.7 Å². The molecule has 0 aliphatic carbocycles. The summed E-state index contributed by atoms with van der Waals surface area (Å²) < 4.78 is 39.5. The molecule has 1 N–H and O–H groups in total. The quantitative estimate of drug-likeness (QED) is 0.808. The van der Waals surface area contributed by atoms with Gasteiger partial charge in [0, 0.05) is 26.2 Å². The van der Waals surface area contributed by atoms with Gasteiger partial charge >= 0.3 is 6.18 Å². The van der Waals surface area contributed by atoms with E-state index in [0.717, 1.165) is 38.7 Å². The van der Waals surface area contributed by atoms with Crippen LogP contribution >= 0.6 is 0 Å². The third-order valence-electron chi connectivity index (χ3n) is 5.29. The van der Waals surface area contributed by atoms with Crippen LogP contribution in [-0.4, -0.2) is 47.9 Å². The normalized spacial score (nSPS) is 17.5. The van der Waals surface area contributed by atoms with Crippen LogP contribution in [0.4, 0.5) is 18.9 Å². The van der Waals surface area contributed by atoms with Crippen molar-refractivity contribution in [1.82, 2.24) is 9.80 Å². The van der Waals surface area contributed by atoms with Crippen LogP contribution in [0.2, 0.25) is 0 Å². The summed E-state index contributed by atoms with van der Waals surface area (Å²) in [6.07, 6.45) is -3.60. The van der Waals surface area contributed by atoms with Gasteiger partial charge in [-0.2, -0.15) is 13.2 Å². The van der Waals surface area contributed by atoms with Gasteiger partial charge in [-0.15, -0.1) is 0 Å². The summed E-state index contributed by atoms with van der Waals surface area (Å²) >= 11 is 0. The first-order valence-electron chi connectivity index (χ1n) is 9.82. The molecule has 0 radical (unpaired) electrons. The summed E-state index contributed by atoms with van der Waals surface area (Å²) in [5.74, 6) is -0.418. The number of hydrogen-bond donors (Lipinski definition) is 1. The van der Waals surface area contributed by atoms with Crippen molar-refractivity contribution in [3.63, 3.8) is 0 Å². The van der Waals surface area contributed by atoms with Gasteiger partial charge in [0.25, 0.3) is 0 Å². The number of benzene rings is 2. The van der Waals surface area contributed by atoms with Crippen LogP contribution in [-0.2, 0) is 17.5 Å². The monoisotopic (exact) mass is 405 g/mol. The van der Waals surface area contributed by atoms with Crippen LogP contribution in [0.15, 0.2) is 54.6 Å². The van der Waals surface area contributed by atoms with Crippen molar-refractivity contribution in [2.75, 3.05) is 31.5 Å². The second-order valence-electron chi connectivity index (χ2n) is 7.36. The molecule has 1 fully saturated rings. The molecule has 4 nitrogen and oxygen atoms in total. The number of nitrogens with one attached hydrogen (secondary N) is 1. The van der Waals surface area contributed by atoms with Gasteiger partial charge in [0.1, 0.15) is 0 Å². The number of para-hydroxylation sites is 1. The standard InChI is InChI=1S/C22H26F3N3O/c1-17(21(29)26-20-11-6-5-10-19(20)22(23,24)25)28-13-7-12-27(14-15-28)16-18-8-3-2-4-9-18/h2-6,8-11,17H,7,12-16H2,1H3,(H,26,29). The van der Waals surface area contributed by atoms with Crippen molar-refractivity contribution >= 4 is 11.6 Å². The third-order valence-corrected chi connectivity index (χ3v) is 5.29. The maximum Gasteiger partial charge on any atom is 0.418 e. The highest BCUT2D eigenvalue weighted by molar-refractivity contribution is 5.95. The number of nitrogens with zero attached hydrogens (tertiary/aromatic N) is 2. The summed E-state index contributed by atoms with van der Waals surface area (Å²) in [7, 11) is 0. The lowest BCUT2D eigenvalue weighted by Gasteiger charge is -2.27. The molecule has 0 spiro atoms. The molecule has 2 aromatic carbocycles. The van der Waals surface area contributed by atoms with Gasteiger partial charge in [-0.25, -0.2) is 0 Å². The van der Waals surface area contributed by atoms with Crippen LogP contribution < -0.4 is 5.32 Å². The first kappa shape index (κ1) is 21.3. The van der Waals surface area contributed by atoms with Crippen LogP contribution in [0.25, 0.3) is 0 Å². The number of amides is 1. The van der Waals surface area contributed by atoms with E-state index in [1.807, 2.05) is 23.1 Å². The Morgan fingerprint density at radius 2 is 1.69 bits per heavy atom. The Morgan fingerprint density at radius 1 is 1.00 bits per heavy atom. The molecule has 3 rings (SSSR count). The number of alkyl halides is 3. The Balaban J connectivity index is 1.59. The van der Waals surface area contributed by atoms with Crippen molar-refractivity contribution < 1.29 is 18.0 Å². The number of rotatable bonds is 5. The van der Waals surface area contributed by atoms with Gasteiger partial charge in [-0.1, -0.05) is 42.5 Å². The van der Waals surface area contributed by atoms with Crippen LogP contribution in [0.1, 0.15) is 24.5 Å². The van der Waals surface area contributed by atoms with Crippen molar-refractivity contribution in [2.24, 2.45) is 0 Å². The summed E-state index contributed by atoms with van der Waals surface area (Å²) in [6.45, 7) is 5.78. The lowest BCUT2D eigenvalue weighted by molar-refractivity contribution is -0.137. The molecule has 1 saturated heterocycles. The summed E-state index contributed by atoms with van der Waals surface area (Å²) in [5.41, 5.74) is 0.221. The average Bonchev–Trinajstić information content (AvgIpc) is 2.93. The first-order valence-corrected chi connectivity index (χ1v) is 9.82. The number of anilines is 1. The third kappa shape index (κ3) is 5.81. The van der Waals surface area contributed by atoms with E-state index in [9.17, 15) is 18.0 Å². The molecule has 0 aromatic heterocycles. The number of halogens is 3. The molecule has 7 heteroatoms. The topological polar surface area (TPSA) is 35.6 Å². The van der Waals surface area contributed by atoms with Gasteiger partial charge in [0.15, 0.2) is 0 Å². The zero-order chi connectivity index (χ0) is 20.9. The fourth-order valence-electron chi connectivity index (χ4n) is 3.62. The predicted octanol–water partition coefficient (Wildman–Crippen LogP) is 4.24. The molecule has 0 bridgehead atoms. The minimum Gasteiger partial charge on any atom is -0.324 e. The van der Waals surface area contributed by atoms with Crippen molar-refractivity contribution in [2.45, 2.75) is 32.1 Å². The fraction of sp³-hybridized carbons (Fsp3) is 0.409. The van der Waals surface area contributed by atoms with Gasteiger partial charge in [0.05, 0.1) is 17.3 Å². The second-order valence-corrected chi connectivity index (χ2v) is 7.36.